The Labute approximate surface area is 105 Å². The van der Waals surface area contributed by atoms with E-state index in [9.17, 15) is 0 Å². The molecule has 2 heterocycles. The Morgan fingerprint density at radius 2 is 2.31 bits per heavy atom. The van der Waals surface area contributed by atoms with Crippen LogP contribution in [0.5, 0.6) is 0 Å². The standard InChI is InChI=1S/C12H12ClNOS/c1-14-6-2-5-12(14)10-4-3-8(13)7-9(10)11(16)15-12/h3-4,7H,2,5-6H2,1H3. The van der Waals surface area contributed by atoms with Gasteiger partial charge in [0.25, 0.3) is 0 Å². The van der Waals surface area contributed by atoms with Crippen LogP contribution in [0, 0.1) is 0 Å². The van der Waals surface area contributed by atoms with Gasteiger partial charge < -0.3 is 4.74 Å². The Morgan fingerprint density at radius 1 is 1.50 bits per heavy atom. The molecule has 1 atom stereocenters. The zero-order valence-corrected chi connectivity index (χ0v) is 10.6. The van der Waals surface area contributed by atoms with Gasteiger partial charge in [0, 0.05) is 29.1 Å². The molecule has 4 heteroatoms. The van der Waals surface area contributed by atoms with E-state index in [-0.39, 0.29) is 5.72 Å². The zero-order valence-electron chi connectivity index (χ0n) is 9.00. The van der Waals surface area contributed by atoms with Crippen molar-refractivity contribution < 1.29 is 4.74 Å². The maximum absolute atomic E-state index is 5.99. The quantitative estimate of drug-likeness (QED) is 0.660. The highest BCUT2D eigenvalue weighted by atomic mass is 35.5. The second-order valence-corrected chi connectivity index (χ2v) is 5.20. The third-order valence-corrected chi connectivity index (χ3v) is 4.05. The van der Waals surface area contributed by atoms with Crippen LogP contribution in [0.4, 0.5) is 0 Å². The molecule has 16 heavy (non-hydrogen) atoms. The lowest BCUT2D eigenvalue weighted by atomic mass is 9.98. The molecule has 1 unspecified atom stereocenters. The molecule has 0 N–H and O–H groups in total. The molecule has 1 spiro atoms. The molecule has 0 aromatic heterocycles. The molecule has 1 saturated heterocycles. The van der Waals surface area contributed by atoms with Gasteiger partial charge in [0.15, 0.2) is 10.8 Å². The van der Waals surface area contributed by atoms with Crippen molar-refractivity contribution in [2.45, 2.75) is 18.6 Å². The van der Waals surface area contributed by atoms with E-state index in [1.807, 2.05) is 18.2 Å². The van der Waals surface area contributed by atoms with Crippen molar-refractivity contribution in [3.8, 4) is 0 Å². The summed E-state index contributed by atoms with van der Waals surface area (Å²) in [6, 6.07) is 5.85. The second-order valence-electron chi connectivity index (χ2n) is 4.39. The van der Waals surface area contributed by atoms with Gasteiger partial charge in [0.2, 0.25) is 0 Å². The maximum Gasteiger partial charge on any atom is 0.194 e. The molecule has 2 aliphatic rings. The lowest BCUT2D eigenvalue weighted by Gasteiger charge is -2.31. The fourth-order valence-electron chi connectivity index (χ4n) is 2.69. The third-order valence-electron chi connectivity index (χ3n) is 3.51. The van der Waals surface area contributed by atoms with Gasteiger partial charge in [-0.15, -0.1) is 0 Å². The van der Waals surface area contributed by atoms with E-state index in [0.717, 1.165) is 24.9 Å². The minimum Gasteiger partial charge on any atom is -0.457 e. The molecule has 2 aliphatic heterocycles. The number of hydrogen-bond acceptors (Lipinski definition) is 3. The number of thiocarbonyl (C=S) groups is 1. The summed E-state index contributed by atoms with van der Waals surface area (Å²) in [5.74, 6) is 0. The molecule has 1 aromatic rings. The van der Waals surface area contributed by atoms with Gasteiger partial charge in [-0.3, -0.25) is 4.90 Å². The highest BCUT2D eigenvalue weighted by Gasteiger charge is 2.49. The number of ether oxygens (including phenoxy) is 1. The molecule has 84 valence electrons. The van der Waals surface area contributed by atoms with Crippen molar-refractivity contribution >= 4 is 28.9 Å². The minimum atomic E-state index is -0.322. The summed E-state index contributed by atoms with van der Waals surface area (Å²) in [6.07, 6.45) is 2.14. The summed E-state index contributed by atoms with van der Waals surface area (Å²) >= 11 is 11.3. The first kappa shape index (κ1) is 10.5. The third kappa shape index (κ3) is 1.25. The molecule has 0 amide bonds. The fourth-order valence-corrected chi connectivity index (χ4v) is 3.16. The summed E-state index contributed by atoms with van der Waals surface area (Å²) < 4.78 is 5.95. The van der Waals surface area contributed by atoms with Crippen LogP contribution in [-0.4, -0.2) is 23.5 Å². The summed E-state index contributed by atoms with van der Waals surface area (Å²) in [6.45, 7) is 1.05. The fraction of sp³-hybridized carbons (Fsp3) is 0.417. The molecule has 0 saturated carbocycles. The molecule has 3 rings (SSSR count). The average Bonchev–Trinajstić information content (AvgIpc) is 2.73. The van der Waals surface area contributed by atoms with E-state index in [1.54, 1.807) is 0 Å². The molecular formula is C12H12ClNOS. The van der Waals surface area contributed by atoms with E-state index in [1.165, 1.54) is 5.56 Å². The van der Waals surface area contributed by atoms with Gasteiger partial charge >= 0.3 is 0 Å². The van der Waals surface area contributed by atoms with Crippen LogP contribution in [0.15, 0.2) is 18.2 Å². The second kappa shape index (κ2) is 3.42. The van der Waals surface area contributed by atoms with Crippen molar-refractivity contribution in [2.24, 2.45) is 0 Å². The monoisotopic (exact) mass is 253 g/mol. The van der Waals surface area contributed by atoms with Crippen molar-refractivity contribution in [1.82, 2.24) is 4.90 Å². The van der Waals surface area contributed by atoms with Gasteiger partial charge in [-0.1, -0.05) is 17.7 Å². The first-order valence-electron chi connectivity index (χ1n) is 5.38. The van der Waals surface area contributed by atoms with Crippen LogP contribution >= 0.6 is 23.8 Å². The lowest BCUT2D eigenvalue weighted by molar-refractivity contribution is -0.0457. The largest absolute Gasteiger partial charge is 0.457 e. The molecule has 0 bridgehead atoms. The summed E-state index contributed by atoms with van der Waals surface area (Å²) in [7, 11) is 2.08. The SMILES string of the molecule is CN1CCCC12OC(=S)c1cc(Cl)ccc12. The molecule has 0 aliphatic carbocycles. The number of likely N-dealkylation sites (tertiary alicyclic amines) is 1. The van der Waals surface area contributed by atoms with Gasteiger partial charge in [0.1, 0.15) is 0 Å². The van der Waals surface area contributed by atoms with Gasteiger partial charge in [-0.25, -0.2) is 0 Å². The predicted molar refractivity (Wildman–Crippen MR) is 67.8 cm³/mol. The zero-order chi connectivity index (χ0) is 11.3. The molecule has 2 nitrogen and oxygen atoms in total. The van der Waals surface area contributed by atoms with E-state index in [0.29, 0.717) is 10.1 Å². The Hall–Kier alpha value is -0.640. The van der Waals surface area contributed by atoms with Crippen LogP contribution in [0.3, 0.4) is 0 Å². The number of halogens is 1. The van der Waals surface area contributed by atoms with Gasteiger partial charge in [-0.2, -0.15) is 0 Å². The molecule has 1 fully saturated rings. The van der Waals surface area contributed by atoms with Crippen molar-refractivity contribution in [3.05, 3.63) is 34.3 Å². The van der Waals surface area contributed by atoms with Crippen LogP contribution in [-0.2, 0) is 10.5 Å². The Kier molecular flexibility index (Phi) is 2.25. The molecule has 0 radical (unpaired) electrons. The maximum atomic E-state index is 5.99. The highest BCUT2D eigenvalue weighted by Crippen LogP contribution is 2.46. The Bertz CT molecular complexity index is 476. The van der Waals surface area contributed by atoms with Crippen molar-refractivity contribution in [2.75, 3.05) is 13.6 Å². The number of benzene rings is 1. The summed E-state index contributed by atoms with van der Waals surface area (Å²) in [5, 5.41) is 1.29. The first-order chi connectivity index (χ1) is 7.63. The van der Waals surface area contributed by atoms with E-state index >= 15 is 0 Å². The van der Waals surface area contributed by atoms with Crippen LogP contribution in [0.1, 0.15) is 24.0 Å². The van der Waals surface area contributed by atoms with E-state index in [4.69, 9.17) is 28.6 Å². The normalized spacial score (nSPS) is 28.5. The average molecular weight is 254 g/mol. The summed E-state index contributed by atoms with van der Waals surface area (Å²) in [4.78, 5) is 2.24. The molecule has 1 aromatic carbocycles. The lowest BCUT2D eigenvalue weighted by Crippen LogP contribution is -2.38. The van der Waals surface area contributed by atoms with E-state index < -0.39 is 0 Å². The number of hydrogen-bond donors (Lipinski definition) is 0. The van der Waals surface area contributed by atoms with Crippen molar-refractivity contribution in [3.63, 3.8) is 0 Å². The van der Waals surface area contributed by atoms with Gasteiger partial charge in [0.05, 0.1) is 0 Å². The Balaban J connectivity index is 2.19. The topological polar surface area (TPSA) is 12.5 Å². The van der Waals surface area contributed by atoms with Crippen LogP contribution in [0.25, 0.3) is 0 Å². The predicted octanol–water partition coefficient (Wildman–Crippen LogP) is 2.92. The van der Waals surface area contributed by atoms with Crippen LogP contribution in [0.2, 0.25) is 5.02 Å². The smallest absolute Gasteiger partial charge is 0.194 e. The highest BCUT2D eigenvalue weighted by molar-refractivity contribution is 7.80. The minimum absolute atomic E-state index is 0.322. The number of fused-ring (bicyclic) bond motifs is 2. The number of rotatable bonds is 0. The van der Waals surface area contributed by atoms with Crippen LogP contribution < -0.4 is 0 Å². The Morgan fingerprint density at radius 3 is 3.00 bits per heavy atom. The molecular weight excluding hydrogens is 242 g/mol. The van der Waals surface area contributed by atoms with E-state index in [2.05, 4.69) is 11.9 Å². The van der Waals surface area contributed by atoms with Crippen molar-refractivity contribution in [1.29, 1.82) is 0 Å². The first-order valence-corrected chi connectivity index (χ1v) is 6.17. The number of nitrogens with zero attached hydrogens (tertiary/aromatic N) is 1. The van der Waals surface area contributed by atoms with Gasteiger partial charge in [-0.05, 0) is 37.8 Å². The summed E-state index contributed by atoms with van der Waals surface area (Å²) in [5.41, 5.74) is 1.83.